The van der Waals surface area contributed by atoms with Gasteiger partial charge in [0.15, 0.2) is 0 Å². The summed E-state index contributed by atoms with van der Waals surface area (Å²) >= 11 is 6.92. The van der Waals surface area contributed by atoms with E-state index in [1.807, 2.05) is 24.3 Å². The molecule has 2 aliphatic rings. The van der Waals surface area contributed by atoms with Crippen LogP contribution in [0.1, 0.15) is 30.5 Å². The first-order valence-electron chi connectivity index (χ1n) is 10.2. The number of thiophene rings is 1. The molecule has 10 heteroatoms. The highest BCUT2D eigenvalue weighted by Crippen LogP contribution is 2.33. The quantitative estimate of drug-likeness (QED) is 0.672. The van der Waals surface area contributed by atoms with Crippen LogP contribution >= 0.6 is 22.9 Å². The van der Waals surface area contributed by atoms with Gasteiger partial charge in [0.05, 0.1) is 16.8 Å². The number of carbonyl (C=O) groups excluding carboxylic acids is 2. The molecule has 0 N–H and O–H groups in total. The number of carbonyl (C=O) groups is 2. The van der Waals surface area contributed by atoms with Crippen LogP contribution in [0.15, 0.2) is 40.6 Å². The fourth-order valence-corrected chi connectivity index (χ4v) is 7.34. The topological polar surface area (TPSA) is 78.0 Å². The molecular formula is C21H24ClN3O4S2. The summed E-state index contributed by atoms with van der Waals surface area (Å²) in [6, 6.07) is 10.7. The van der Waals surface area contributed by atoms with Crippen molar-refractivity contribution < 1.29 is 18.0 Å². The molecule has 0 aliphatic carbocycles. The minimum atomic E-state index is -3.60. The Morgan fingerprint density at radius 3 is 2.42 bits per heavy atom. The van der Waals surface area contributed by atoms with Crippen LogP contribution in [-0.2, 0) is 26.0 Å². The van der Waals surface area contributed by atoms with E-state index in [-0.39, 0.29) is 41.6 Å². The van der Waals surface area contributed by atoms with Crippen molar-refractivity contribution in [2.45, 2.75) is 30.0 Å². The van der Waals surface area contributed by atoms with Gasteiger partial charge in [-0.15, -0.1) is 11.3 Å². The van der Waals surface area contributed by atoms with Crippen molar-refractivity contribution in [2.75, 3.05) is 32.7 Å². The summed E-state index contributed by atoms with van der Waals surface area (Å²) in [6.07, 6.45) is 0.980. The zero-order chi connectivity index (χ0) is 22.2. The molecular weight excluding hydrogens is 458 g/mol. The maximum atomic E-state index is 13.1. The summed E-state index contributed by atoms with van der Waals surface area (Å²) in [4.78, 5) is 28.7. The molecule has 4 rings (SSSR count). The van der Waals surface area contributed by atoms with Crippen molar-refractivity contribution >= 4 is 44.8 Å². The molecule has 1 atom stereocenters. The Labute approximate surface area is 191 Å². The Morgan fingerprint density at radius 2 is 1.77 bits per heavy atom. The van der Waals surface area contributed by atoms with Crippen molar-refractivity contribution in [2.24, 2.45) is 0 Å². The van der Waals surface area contributed by atoms with Crippen LogP contribution in [0.2, 0.25) is 4.34 Å². The molecule has 2 amide bonds. The summed E-state index contributed by atoms with van der Waals surface area (Å²) in [5, 5.41) is 0. The molecule has 2 aromatic rings. The lowest BCUT2D eigenvalue weighted by atomic mass is 9.90. The molecule has 2 aliphatic heterocycles. The number of halogens is 1. The number of hydrogen-bond donors (Lipinski definition) is 0. The Morgan fingerprint density at radius 1 is 1.06 bits per heavy atom. The predicted octanol–water partition coefficient (Wildman–Crippen LogP) is 2.77. The van der Waals surface area contributed by atoms with E-state index >= 15 is 0 Å². The molecule has 7 nitrogen and oxygen atoms in total. The lowest BCUT2D eigenvalue weighted by Crippen LogP contribution is -2.51. The molecule has 1 aromatic heterocycles. The van der Waals surface area contributed by atoms with Gasteiger partial charge < -0.3 is 9.80 Å². The molecule has 1 unspecified atom stereocenters. The summed E-state index contributed by atoms with van der Waals surface area (Å²) < 4.78 is 27.6. The molecule has 1 fully saturated rings. The highest BCUT2D eigenvalue weighted by molar-refractivity contribution is 7.91. The van der Waals surface area contributed by atoms with Crippen molar-refractivity contribution in [3.8, 4) is 0 Å². The first kappa shape index (κ1) is 22.3. The van der Waals surface area contributed by atoms with Crippen LogP contribution < -0.4 is 0 Å². The van der Waals surface area contributed by atoms with E-state index in [0.29, 0.717) is 24.0 Å². The number of fused-ring (bicyclic) bond motifs is 1. The van der Waals surface area contributed by atoms with Gasteiger partial charge in [-0.05, 0) is 29.7 Å². The lowest BCUT2D eigenvalue weighted by Gasteiger charge is -2.39. The third kappa shape index (κ3) is 4.50. The van der Waals surface area contributed by atoms with E-state index in [0.717, 1.165) is 23.3 Å². The van der Waals surface area contributed by atoms with E-state index < -0.39 is 10.0 Å². The van der Waals surface area contributed by atoms with Crippen LogP contribution in [0.4, 0.5) is 0 Å². The third-order valence-corrected chi connectivity index (χ3v) is 9.52. The second-order valence-corrected chi connectivity index (χ2v) is 11.6. The van der Waals surface area contributed by atoms with Gasteiger partial charge in [-0.2, -0.15) is 4.31 Å². The van der Waals surface area contributed by atoms with E-state index in [9.17, 15) is 18.0 Å². The average molecular weight is 482 g/mol. The van der Waals surface area contributed by atoms with E-state index in [1.54, 1.807) is 15.9 Å². The fourth-order valence-electron chi connectivity index (χ4n) is 4.28. The van der Waals surface area contributed by atoms with Gasteiger partial charge in [0.2, 0.25) is 11.8 Å². The van der Waals surface area contributed by atoms with Crippen LogP contribution in [0, 0.1) is 0 Å². The number of nitrogens with zero attached hydrogens (tertiary/aromatic N) is 3. The summed E-state index contributed by atoms with van der Waals surface area (Å²) in [6.45, 7) is 3.26. The average Bonchev–Trinajstić information content (AvgIpc) is 3.21. The van der Waals surface area contributed by atoms with E-state index in [4.69, 9.17) is 11.6 Å². The Hall–Kier alpha value is -1.94. The number of benzene rings is 1. The first-order chi connectivity index (χ1) is 14.8. The van der Waals surface area contributed by atoms with Crippen LogP contribution in [0.5, 0.6) is 0 Å². The molecule has 31 heavy (non-hydrogen) atoms. The van der Waals surface area contributed by atoms with Crippen molar-refractivity contribution in [1.29, 1.82) is 0 Å². The zero-order valence-electron chi connectivity index (χ0n) is 17.2. The Bertz CT molecular complexity index is 1090. The van der Waals surface area contributed by atoms with Crippen LogP contribution in [-0.4, -0.2) is 67.1 Å². The number of amides is 2. The monoisotopic (exact) mass is 481 g/mol. The second kappa shape index (κ2) is 8.90. The highest BCUT2D eigenvalue weighted by Gasteiger charge is 2.35. The number of piperazine rings is 1. The Kier molecular flexibility index (Phi) is 6.39. The van der Waals surface area contributed by atoms with E-state index in [1.165, 1.54) is 22.9 Å². The molecule has 0 saturated carbocycles. The predicted molar refractivity (Wildman–Crippen MR) is 120 cm³/mol. The molecule has 0 radical (unpaired) electrons. The fraction of sp³-hybridized carbons (Fsp3) is 0.429. The largest absolute Gasteiger partial charge is 0.340 e. The lowest BCUT2D eigenvalue weighted by molar-refractivity contribution is -0.137. The van der Waals surface area contributed by atoms with Crippen molar-refractivity contribution in [3.05, 3.63) is 51.9 Å². The maximum Gasteiger partial charge on any atom is 0.252 e. The number of rotatable bonds is 4. The third-order valence-electron chi connectivity index (χ3n) is 5.92. The molecule has 1 aromatic carbocycles. The van der Waals surface area contributed by atoms with Crippen LogP contribution in [0.25, 0.3) is 0 Å². The molecule has 0 bridgehead atoms. The standard InChI is InChI=1S/C21H24ClN3O4S2/c1-15(26)25-9-8-16-4-2-3-5-17(16)18(25)14-20(27)23-10-12-24(13-11-23)31(28,29)21-7-6-19(22)30-21/h2-7,18H,8-14H2,1H3. The van der Waals surface area contributed by atoms with Gasteiger partial charge in [-0.3, -0.25) is 9.59 Å². The highest BCUT2D eigenvalue weighted by atomic mass is 35.5. The molecule has 3 heterocycles. The normalized spacial score (nSPS) is 19.9. The zero-order valence-corrected chi connectivity index (χ0v) is 19.5. The van der Waals surface area contributed by atoms with Crippen molar-refractivity contribution in [3.63, 3.8) is 0 Å². The smallest absolute Gasteiger partial charge is 0.252 e. The molecule has 1 saturated heterocycles. The van der Waals surface area contributed by atoms with Gasteiger partial charge in [0, 0.05) is 39.6 Å². The minimum absolute atomic E-state index is 0.0437. The molecule has 0 spiro atoms. The molecule has 166 valence electrons. The number of hydrogen-bond acceptors (Lipinski definition) is 5. The first-order valence-corrected chi connectivity index (χ1v) is 12.8. The van der Waals surface area contributed by atoms with Gasteiger partial charge >= 0.3 is 0 Å². The summed E-state index contributed by atoms with van der Waals surface area (Å²) in [5.41, 5.74) is 2.19. The van der Waals surface area contributed by atoms with Gasteiger partial charge in [0.1, 0.15) is 4.21 Å². The Balaban J connectivity index is 1.44. The minimum Gasteiger partial charge on any atom is -0.340 e. The second-order valence-electron chi connectivity index (χ2n) is 7.72. The van der Waals surface area contributed by atoms with Gasteiger partial charge in [-0.1, -0.05) is 35.9 Å². The summed E-state index contributed by atoms with van der Waals surface area (Å²) in [5.74, 6) is -0.109. The van der Waals surface area contributed by atoms with Crippen molar-refractivity contribution in [1.82, 2.24) is 14.1 Å². The van der Waals surface area contributed by atoms with E-state index in [2.05, 4.69) is 0 Å². The number of sulfonamides is 1. The van der Waals surface area contributed by atoms with Crippen LogP contribution in [0.3, 0.4) is 0 Å². The van der Waals surface area contributed by atoms with Gasteiger partial charge in [-0.25, -0.2) is 8.42 Å². The SMILES string of the molecule is CC(=O)N1CCc2ccccc2C1CC(=O)N1CCN(S(=O)(=O)c2ccc(Cl)s2)CC1. The summed E-state index contributed by atoms with van der Waals surface area (Å²) in [7, 11) is -3.60. The maximum absolute atomic E-state index is 13.1. The van der Waals surface area contributed by atoms with Gasteiger partial charge in [0.25, 0.3) is 10.0 Å².